The van der Waals surface area contributed by atoms with Crippen molar-refractivity contribution in [2.45, 2.75) is 32.3 Å². The molecule has 0 unspecified atom stereocenters. The number of benzene rings is 1. The Morgan fingerprint density at radius 2 is 2.06 bits per heavy atom. The lowest BCUT2D eigenvalue weighted by Crippen LogP contribution is -2.26. The van der Waals surface area contributed by atoms with Crippen LogP contribution in [0.15, 0.2) is 24.3 Å². The molecular weight excluding hydrogens is 216 g/mol. The number of hydrogen-bond donors (Lipinski definition) is 0. The largest absolute Gasteiger partial charge is 0.459 e. The van der Waals surface area contributed by atoms with Crippen molar-refractivity contribution in [3.05, 3.63) is 35.4 Å². The van der Waals surface area contributed by atoms with Crippen LogP contribution in [0, 0.1) is 0 Å². The van der Waals surface area contributed by atoms with Crippen LogP contribution in [0.1, 0.15) is 35.7 Å². The van der Waals surface area contributed by atoms with Crippen molar-refractivity contribution in [3.8, 4) is 0 Å². The molecule has 0 N–H and O–H groups in total. The van der Waals surface area contributed by atoms with Gasteiger partial charge in [0.1, 0.15) is 6.10 Å². The molecule has 0 bridgehead atoms. The Morgan fingerprint density at radius 1 is 1.35 bits per heavy atom. The molecule has 0 aromatic heterocycles. The minimum Gasteiger partial charge on any atom is -0.459 e. The highest BCUT2D eigenvalue weighted by atomic mass is 16.6. The Balaban J connectivity index is 2.03. The van der Waals surface area contributed by atoms with E-state index in [1.807, 2.05) is 31.2 Å². The molecule has 1 heterocycles. The second kappa shape index (κ2) is 5.82. The van der Waals surface area contributed by atoms with Gasteiger partial charge in [0.25, 0.3) is 0 Å². The van der Waals surface area contributed by atoms with Crippen molar-refractivity contribution in [3.63, 3.8) is 0 Å². The topological polar surface area (TPSA) is 35.5 Å². The van der Waals surface area contributed by atoms with Crippen molar-refractivity contribution < 1.29 is 14.3 Å². The number of hydrogen-bond acceptors (Lipinski definition) is 3. The highest BCUT2D eigenvalue weighted by Crippen LogP contribution is 2.16. The quantitative estimate of drug-likeness (QED) is 0.754. The predicted molar refractivity (Wildman–Crippen MR) is 65.1 cm³/mol. The molecule has 0 spiro atoms. The van der Waals surface area contributed by atoms with Crippen molar-refractivity contribution >= 4 is 5.97 Å². The molecule has 0 radical (unpaired) electrons. The van der Waals surface area contributed by atoms with Gasteiger partial charge in [-0.05, 0) is 18.1 Å². The third kappa shape index (κ3) is 3.07. The molecule has 0 saturated carbocycles. The van der Waals surface area contributed by atoms with Crippen LogP contribution in [0.25, 0.3) is 0 Å². The zero-order valence-corrected chi connectivity index (χ0v) is 10.1. The average Bonchev–Trinajstić information content (AvgIpc) is 2.40. The van der Waals surface area contributed by atoms with E-state index in [-0.39, 0.29) is 12.1 Å². The number of ether oxygens (including phenoxy) is 2. The molecular formula is C14H18O3. The summed E-state index contributed by atoms with van der Waals surface area (Å²) in [5, 5.41) is 0. The minimum atomic E-state index is -0.200. The summed E-state index contributed by atoms with van der Waals surface area (Å²) >= 11 is 0. The summed E-state index contributed by atoms with van der Waals surface area (Å²) in [5.41, 5.74) is 1.74. The van der Waals surface area contributed by atoms with E-state index in [0.717, 1.165) is 24.8 Å². The van der Waals surface area contributed by atoms with Crippen molar-refractivity contribution in [2.75, 3.05) is 13.2 Å². The van der Waals surface area contributed by atoms with Gasteiger partial charge in [0.05, 0.1) is 18.8 Å². The standard InChI is InChI=1S/C14H18O3/c1-2-11-5-3-4-6-13(11)14(15)17-12-7-9-16-10-8-12/h3-6,12H,2,7-10H2,1H3. The maximum absolute atomic E-state index is 12.0. The summed E-state index contributed by atoms with van der Waals surface area (Å²) < 4.78 is 10.7. The van der Waals surface area contributed by atoms with Crippen molar-refractivity contribution in [2.24, 2.45) is 0 Å². The van der Waals surface area contributed by atoms with Crippen LogP contribution >= 0.6 is 0 Å². The molecule has 17 heavy (non-hydrogen) atoms. The monoisotopic (exact) mass is 234 g/mol. The first kappa shape index (κ1) is 12.1. The number of esters is 1. The molecule has 92 valence electrons. The van der Waals surface area contributed by atoms with E-state index < -0.39 is 0 Å². The SMILES string of the molecule is CCc1ccccc1C(=O)OC1CCOCC1. The Kier molecular flexibility index (Phi) is 4.15. The van der Waals surface area contributed by atoms with Gasteiger partial charge in [0.2, 0.25) is 0 Å². The van der Waals surface area contributed by atoms with Gasteiger partial charge in [-0.2, -0.15) is 0 Å². The summed E-state index contributed by atoms with van der Waals surface area (Å²) in [6, 6.07) is 7.63. The number of carbonyl (C=O) groups is 1. The van der Waals surface area contributed by atoms with Crippen LogP contribution in [0.4, 0.5) is 0 Å². The molecule has 1 saturated heterocycles. The van der Waals surface area contributed by atoms with Gasteiger partial charge in [0.15, 0.2) is 0 Å². The van der Waals surface area contributed by atoms with Gasteiger partial charge in [-0.25, -0.2) is 4.79 Å². The lowest BCUT2D eigenvalue weighted by molar-refractivity contribution is -0.0159. The van der Waals surface area contributed by atoms with E-state index in [4.69, 9.17) is 9.47 Å². The van der Waals surface area contributed by atoms with Crippen LogP contribution in [-0.4, -0.2) is 25.3 Å². The van der Waals surface area contributed by atoms with E-state index in [1.165, 1.54) is 0 Å². The molecule has 3 nitrogen and oxygen atoms in total. The maximum Gasteiger partial charge on any atom is 0.338 e. The molecule has 0 atom stereocenters. The first-order valence-electron chi connectivity index (χ1n) is 6.18. The molecule has 0 amide bonds. The number of rotatable bonds is 3. The fraction of sp³-hybridized carbons (Fsp3) is 0.500. The number of aryl methyl sites for hydroxylation is 1. The van der Waals surface area contributed by atoms with E-state index in [0.29, 0.717) is 18.8 Å². The summed E-state index contributed by atoms with van der Waals surface area (Å²) in [6.07, 6.45) is 2.47. The summed E-state index contributed by atoms with van der Waals surface area (Å²) in [7, 11) is 0. The summed E-state index contributed by atoms with van der Waals surface area (Å²) in [4.78, 5) is 12.0. The van der Waals surface area contributed by atoms with Crippen molar-refractivity contribution in [1.29, 1.82) is 0 Å². The molecule has 1 aliphatic rings. The zero-order chi connectivity index (χ0) is 12.1. The number of carbonyl (C=O) groups excluding carboxylic acids is 1. The molecule has 0 aliphatic carbocycles. The fourth-order valence-electron chi connectivity index (χ4n) is 2.04. The summed E-state index contributed by atoms with van der Waals surface area (Å²) in [5.74, 6) is -0.200. The Bertz CT molecular complexity index is 381. The molecule has 1 fully saturated rings. The van der Waals surface area contributed by atoms with Gasteiger partial charge in [-0.3, -0.25) is 0 Å². The average molecular weight is 234 g/mol. The second-order valence-corrected chi connectivity index (χ2v) is 4.23. The predicted octanol–water partition coefficient (Wildman–Crippen LogP) is 2.58. The van der Waals surface area contributed by atoms with Crippen LogP contribution in [0.3, 0.4) is 0 Å². The normalized spacial score (nSPS) is 16.8. The highest BCUT2D eigenvalue weighted by molar-refractivity contribution is 5.91. The second-order valence-electron chi connectivity index (χ2n) is 4.23. The van der Waals surface area contributed by atoms with Gasteiger partial charge >= 0.3 is 5.97 Å². The smallest absolute Gasteiger partial charge is 0.338 e. The first-order valence-corrected chi connectivity index (χ1v) is 6.18. The third-order valence-corrected chi connectivity index (χ3v) is 3.06. The lowest BCUT2D eigenvalue weighted by atomic mass is 10.1. The van der Waals surface area contributed by atoms with Gasteiger partial charge in [0, 0.05) is 12.8 Å². The van der Waals surface area contributed by atoms with Crippen LogP contribution in [-0.2, 0) is 15.9 Å². The van der Waals surface area contributed by atoms with Crippen LogP contribution < -0.4 is 0 Å². The van der Waals surface area contributed by atoms with Crippen LogP contribution in [0.5, 0.6) is 0 Å². The zero-order valence-electron chi connectivity index (χ0n) is 10.1. The van der Waals surface area contributed by atoms with Crippen molar-refractivity contribution in [1.82, 2.24) is 0 Å². The van der Waals surface area contributed by atoms with Gasteiger partial charge in [-0.1, -0.05) is 25.1 Å². The molecule has 1 aromatic carbocycles. The van der Waals surface area contributed by atoms with Gasteiger partial charge in [-0.15, -0.1) is 0 Å². The molecule has 1 aromatic rings. The first-order chi connectivity index (χ1) is 8.31. The van der Waals surface area contributed by atoms with E-state index in [2.05, 4.69) is 0 Å². The summed E-state index contributed by atoms with van der Waals surface area (Å²) in [6.45, 7) is 3.42. The van der Waals surface area contributed by atoms with E-state index in [1.54, 1.807) is 0 Å². The Morgan fingerprint density at radius 3 is 2.76 bits per heavy atom. The molecule has 1 aliphatic heterocycles. The minimum absolute atomic E-state index is 0.0150. The Labute approximate surface area is 102 Å². The Hall–Kier alpha value is -1.35. The maximum atomic E-state index is 12.0. The van der Waals surface area contributed by atoms with E-state index >= 15 is 0 Å². The highest BCUT2D eigenvalue weighted by Gasteiger charge is 2.20. The van der Waals surface area contributed by atoms with E-state index in [9.17, 15) is 4.79 Å². The molecule has 3 heteroatoms. The van der Waals surface area contributed by atoms with Gasteiger partial charge < -0.3 is 9.47 Å². The lowest BCUT2D eigenvalue weighted by Gasteiger charge is -2.22. The molecule has 2 rings (SSSR count). The third-order valence-electron chi connectivity index (χ3n) is 3.06. The van der Waals surface area contributed by atoms with Crippen LogP contribution in [0.2, 0.25) is 0 Å². The fourth-order valence-corrected chi connectivity index (χ4v) is 2.04.